The molecule has 4 nitrogen and oxygen atoms in total. The van der Waals surface area contributed by atoms with Crippen molar-refractivity contribution >= 4 is 5.97 Å². The smallest absolute Gasteiger partial charge is 0.329 e. The molecule has 0 aliphatic heterocycles. The average molecular weight is 251 g/mol. The van der Waals surface area contributed by atoms with Gasteiger partial charge in [0, 0.05) is 0 Å². The number of alkyl halides is 2. The van der Waals surface area contributed by atoms with Crippen molar-refractivity contribution in [3.8, 4) is 0 Å². The predicted molar refractivity (Wildman–Crippen MR) is 58.0 cm³/mol. The number of rotatable bonds is 8. The molecule has 1 unspecified atom stereocenters. The highest BCUT2D eigenvalue weighted by Crippen LogP contribution is 2.40. The van der Waals surface area contributed by atoms with Crippen LogP contribution in [0.15, 0.2) is 0 Å². The number of nitrogens with one attached hydrogen (secondary N) is 1. The first-order valence-corrected chi connectivity index (χ1v) is 5.78. The first-order chi connectivity index (χ1) is 8.06. The number of carbonyl (C=O) groups excluding carboxylic acids is 1. The van der Waals surface area contributed by atoms with E-state index in [4.69, 9.17) is 9.47 Å². The summed E-state index contributed by atoms with van der Waals surface area (Å²) in [5.74, 6) is -0.302. The maximum atomic E-state index is 12.0. The van der Waals surface area contributed by atoms with E-state index < -0.39 is 24.5 Å². The lowest BCUT2D eigenvalue weighted by Gasteiger charge is -2.30. The standard InChI is InChI=1S/C11H19F2NO3/c1-3-17-10(15)11(14-2,8-4-5-8)7-16-6-9(12)13/h8-9,14H,3-7H2,1-2H3. The summed E-state index contributed by atoms with van der Waals surface area (Å²) in [5, 5.41) is 2.89. The summed E-state index contributed by atoms with van der Waals surface area (Å²) in [6.45, 7) is 1.25. The van der Waals surface area contributed by atoms with Crippen LogP contribution in [0.2, 0.25) is 0 Å². The normalized spacial score (nSPS) is 19.1. The van der Waals surface area contributed by atoms with Crippen LogP contribution in [0.3, 0.4) is 0 Å². The topological polar surface area (TPSA) is 47.6 Å². The summed E-state index contributed by atoms with van der Waals surface area (Å²) in [6.07, 6.45) is -0.749. The van der Waals surface area contributed by atoms with Crippen molar-refractivity contribution in [2.24, 2.45) is 5.92 Å². The van der Waals surface area contributed by atoms with E-state index in [0.29, 0.717) is 0 Å². The number of carbonyl (C=O) groups is 1. The first-order valence-electron chi connectivity index (χ1n) is 5.78. The van der Waals surface area contributed by atoms with Gasteiger partial charge < -0.3 is 14.8 Å². The summed E-state index contributed by atoms with van der Waals surface area (Å²) in [4.78, 5) is 11.9. The molecular weight excluding hydrogens is 232 g/mol. The number of esters is 1. The molecule has 1 saturated carbocycles. The molecule has 1 atom stereocenters. The molecule has 0 amide bonds. The number of ether oxygens (including phenoxy) is 2. The van der Waals surface area contributed by atoms with Gasteiger partial charge in [-0.15, -0.1) is 0 Å². The van der Waals surface area contributed by atoms with E-state index in [1.165, 1.54) is 0 Å². The van der Waals surface area contributed by atoms with E-state index >= 15 is 0 Å². The van der Waals surface area contributed by atoms with Crippen molar-refractivity contribution in [3.05, 3.63) is 0 Å². The lowest BCUT2D eigenvalue weighted by Crippen LogP contribution is -2.57. The summed E-state index contributed by atoms with van der Waals surface area (Å²) < 4.78 is 33.9. The molecule has 17 heavy (non-hydrogen) atoms. The lowest BCUT2D eigenvalue weighted by atomic mass is 9.94. The zero-order valence-electron chi connectivity index (χ0n) is 10.2. The van der Waals surface area contributed by atoms with E-state index in [0.717, 1.165) is 12.8 Å². The molecule has 1 fully saturated rings. The number of hydrogen-bond acceptors (Lipinski definition) is 4. The van der Waals surface area contributed by atoms with Crippen LogP contribution in [0.25, 0.3) is 0 Å². The third-order valence-corrected chi connectivity index (χ3v) is 2.93. The highest BCUT2D eigenvalue weighted by molar-refractivity contribution is 5.82. The molecule has 0 aromatic carbocycles. The second-order valence-electron chi connectivity index (χ2n) is 4.12. The summed E-state index contributed by atoms with van der Waals surface area (Å²) >= 11 is 0. The first kappa shape index (κ1) is 14.3. The number of likely N-dealkylation sites (N-methyl/N-ethyl adjacent to an activating group) is 1. The summed E-state index contributed by atoms with van der Waals surface area (Å²) in [5.41, 5.74) is -0.967. The molecule has 0 spiro atoms. The highest BCUT2D eigenvalue weighted by Gasteiger charge is 2.51. The zero-order valence-corrected chi connectivity index (χ0v) is 10.2. The van der Waals surface area contributed by atoms with Crippen LogP contribution in [0.1, 0.15) is 19.8 Å². The minimum Gasteiger partial charge on any atom is -0.465 e. The van der Waals surface area contributed by atoms with Gasteiger partial charge in [0.2, 0.25) is 0 Å². The quantitative estimate of drug-likeness (QED) is 0.658. The minimum absolute atomic E-state index is 0.0721. The Kier molecular flexibility index (Phi) is 5.27. The van der Waals surface area contributed by atoms with E-state index in [1.54, 1.807) is 14.0 Å². The van der Waals surface area contributed by atoms with E-state index in [-0.39, 0.29) is 19.1 Å². The van der Waals surface area contributed by atoms with Gasteiger partial charge in [-0.2, -0.15) is 0 Å². The average Bonchev–Trinajstić information content (AvgIpc) is 3.08. The lowest BCUT2D eigenvalue weighted by molar-refractivity contribution is -0.156. The van der Waals surface area contributed by atoms with Crippen molar-refractivity contribution in [3.63, 3.8) is 0 Å². The van der Waals surface area contributed by atoms with Gasteiger partial charge in [-0.05, 0) is 32.7 Å². The van der Waals surface area contributed by atoms with Gasteiger partial charge in [0.15, 0.2) is 0 Å². The van der Waals surface area contributed by atoms with E-state index in [9.17, 15) is 13.6 Å². The number of hydrogen-bond donors (Lipinski definition) is 1. The Morgan fingerprint density at radius 2 is 2.18 bits per heavy atom. The van der Waals surface area contributed by atoms with Crippen LogP contribution in [0.4, 0.5) is 8.78 Å². The Balaban J connectivity index is 2.60. The van der Waals surface area contributed by atoms with Crippen molar-refractivity contribution in [2.45, 2.75) is 31.7 Å². The fourth-order valence-corrected chi connectivity index (χ4v) is 1.87. The molecule has 0 radical (unpaired) electrons. The van der Waals surface area contributed by atoms with Crippen LogP contribution in [-0.4, -0.2) is 44.8 Å². The Morgan fingerprint density at radius 3 is 2.59 bits per heavy atom. The zero-order chi connectivity index (χ0) is 12.9. The van der Waals surface area contributed by atoms with Gasteiger partial charge in [-0.25, -0.2) is 13.6 Å². The molecule has 0 aromatic rings. The minimum atomic E-state index is -2.52. The largest absolute Gasteiger partial charge is 0.465 e. The maximum Gasteiger partial charge on any atom is 0.329 e. The molecule has 1 aliphatic rings. The van der Waals surface area contributed by atoms with Gasteiger partial charge in [0.1, 0.15) is 12.1 Å². The third-order valence-electron chi connectivity index (χ3n) is 2.93. The second-order valence-corrected chi connectivity index (χ2v) is 4.12. The third kappa shape index (κ3) is 3.61. The fraction of sp³-hybridized carbons (Fsp3) is 0.909. The molecule has 1 rings (SSSR count). The van der Waals surface area contributed by atoms with Crippen LogP contribution in [0, 0.1) is 5.92 Å². The Labute approximate surface area is 99.7 Å². The molecule has 0 bridgehead atoms. The Bertz CT molecular complexity index is 259. The van der Waals surface area contributed by atoms with Crippen molar-refractivity contribution < 1.29 is 23.0 Å². The Morgan fingerprint density at radius 1 is 1.53 bits per heavy atom. The fourth-order valence-electron chi connectivity index (χ4n) is 1.87. The predicted octanol–water partition coefficient (Wildman–Crippen LogP) is 1.20. The van der Waals surface area contributed by atoms with Crippen LogP contribution in [-0.2, 0) is 14.3 Å². The van der Waals surface area contributed by atoms with Gasteiger partial charge in [0.05, 0.1) is 13.2 Å². The molecule has 0 saturated heterocycles. The summed E-state index contributed by atoms with van der Waals surface area (Å²) in [7, 11) is 1.63. The Hall–Kier alpha value is -0.750. The van der Waals surface area contributed by atoms with Gasteiger partial charge in [-0.1, -0.05) is 0 Å². The van der Waals surface area contributed by atoms with Gasteiger partial charge >= 0.3 is 5.97 Å². The molecule has 1 N–H and O–H groups in total. The molecule has 0 aromatic heterocycles. The molecule has 1 aliphatic carbocycles. The van der Waals surface area contributed by atoms with Gasteiger partial charge in [-0.3, -0.25) is 0 Å². The van der Waals surface area contributed by atoms with E-state index in [2.05, 4.69) is 5.32 Å². The van der Waals surface area contributed by atoms with Crippen LogP contribution >= 0.6 is 0 Å². The van der Waals surface area contributed by atoms with Gasteiger partial charge in [0.25, 0.3) is 6.43 Å². The van der Waals surface area contributed by atoms with Crippen molar-refractivity contribution in [2.75, 3.05) is 26.9 Å². The van der Waals surface area contributed by atoms with Crippen molar-refractivity contribution in [1.82, 2.24) is 5.32 Å². The number of halogens is 2. The van der Waals surface area contributed by atoms with E-state index in [1.807, 2.05) is 0 Å². The SMILES string of the molecule is CCOC(=O)C(COCC(F)F)(NC)C1CC1. The van der Waals surface area contributed by atoms with Crippen LogP contribution < -0.4 is 5.32 Å². The highest BCUT2D eigenvalue weighted by atomic mass is 19.3. The molecule has 0 heterocycles. The molecule has 6 heteroatoms. The molecular formula is C11H19F2NO3. The monoisotopic (exact) mass is 251 g/mol. The summed E-state index contributed by atoms with van der Waals surface area (Å²) in [6, 6.07) is 0. The maximum absolute atomic E-state index is 12.0. The van der Waals surface area contributed by atoms with Crippen LogP contribution in [0.5, 0.6) is 0 Å². The molecule has 100 valence electrons. The van der Waals surface area contributed by atoms with Crippen molar-refractivity contribution in [1.29, 1.82) is 0 Å². The second kappa shape index (κ2) is 6.26.